The molecule has 0 aliphatic heterocycles. The zero-order valence-corrected chi connectivity index (χ0v) is 13.1. The lowest BCUT2D eigenvalue weighted by molar-refractivity contribution is 0.103. The van der Waals surface area contributed by atoms with Gasteiger partial charge in [0.15, 0.2) is 5.78 Å². The molecule has 0 radical (unpaired) electrons. The van der Waals surface area contributed by atoms with E-state index in [2.05, 4.69) is 0 Å². The Balaban J connectivity index is 2.07. The van der Waals surface area contributed by atoms with Crippen LogP contribution in [0.1, 0.15) is 22.8 Å². The Hall–Kier alpha value is -2.14. The minimum atomic E-state index is -0.884. The number of carbonyl (C=O) groups is 1. The van der Waals surface area contributed by atoms with E-state index in [1.807, 2.05) is 13.0 Å². The van der Waals surface area contributed by atoms with Gasteiger partial charge >= 0.3 is 0 Å². The van der Waals surface area contributed by atoms with Crippen molar-refractivity contribution in [2.75, 3.05) is 18.1 Å². The number of phenolic OH excluding ortho intramolecular Hbond substituents is 1. The third-order valence-corrected chi connectivity index (χ3v) is 4.42. The first-order chi connectivity index (χ1) is 10.6. The van der Waals surface area contributed by atoms with E-state index < -0.39 is 10.8 Å². The number of benzene rings is 2. The van der Waals surface area contributed by atoms with Gasteiger partial charge in [0.05, 0.1) is 17.9 Å². The quantitative estimate of drug-likeness (QED) is 0.797. The van der Waals surface area contributed by atoms with Crippen molar-refractivity contribution >= 4 is 16.6 Å². The Kier molecular flexibility index (Phi) is 5.72. The molecule has 0 aliphatic carbocycles. The fourth-order valence-electron chi connectivity index (χ4n) is 1.94. The van der Waals surface area contributed by atoms with Crippen molar-refractivity contribution in [1.82, 2.24) is 0 Å². The molecule has 0 spiro atoms. The number of hydrogen-bond acceptors (Lipinski definition) is 4. The summed E-state index contributed by atoms with van der Waals surface area (Å²) in [5.41, 5.74) is 0.750. The summed E-state index contributed by atoms with van der Waals surface area (Å²) in [7, 11) is -0.884. The first-order valence-electron chi connectivity index (χ1n) is 7.02. The van der Waals surface area contributed by atoms with Crippen LogP contribution in [-0.4, -0.2) is 33.2 Å². The second-order valence-electron chi connectivity index (χ2n) is 4.66. The van der Waals surface area contributed by atoms with Gasteiger partial charge < -0.3 is 9.84 Å². The van der Waals surface area contributed by atoms with Crippen LogP contribution in [-0.2, 0) is 10.8 Å². The molecule has 2 rings (SSSR count). The molecule has 22 heavy (non-hydrogen) atoms. The summed E-state index contributed by atoms with van der Waals surface area (Å²) >= 11 is 0. The summed E-state index contributed by atoms with van der Waals surface area (Å²) in [5.74, 6) is 1.14. The van der Waals surface area contributed by atoms with Crippen LogP contribution in [0.25, 0.3) is 0 Å². The summed E-state index contributed by atoms with van der Waals surface area (Å²) in [6.45, 7) is 2.16. The minimum Gasteiger partial charge on any atom is -0.507 e. The van der Waals surface area contributed by atoms with Crippen LogP contribution >= 0.6 is 0 Å². The van der Waals surface area contributed by atoms with Crippen molar-refractivity contribution in [1.29, 1.82) is 0 Å². The van der Waals surface area contributed by atoms with Gasteiger partial charge in [-0.3, -0.25) is 9.00 Å². The van der Waals surface area contributed by atoms with Gasteiger partial charge in [0, 0.05) is 28.2 Å². The number of ketones is 1. The predicted molar refractivity (Wildman–Crippen MR) is 87.0 cm³/mol. The molecular formula is C17H18O4S. The zero-order chi connectivity index (χ0) is 15.9. The van der Waals surface area contributed by atoms with Crippen LogP contribution in [0.15, 0.2) is 48.5 Å². The monoisotopic (exact) mass is 318 g/mol. The fourth-order valence-corrected chi connectivity index (χ4v) is 2.49. The molecule has 4 nitrogen and oxygen atoms in total. The van der Waals surface area contributed by atoms with Crippen molar-refractivity contribution in [3.63, 3.8) is 0 Å². The highest BCUT2D eigenvalue weighted by molar-refractivity contribution is 7.84. The summed E-state index contributed by atoms with van der Waals surface area (Å²) in [5, 5.41) is 10.0. The van der Waals surface area contributed by atoms with Crippen molar-refractivity contribution in [3.05, 3.63) is 59.7 Å². The molecule has 0 aliphatic rings. The van der Waals surface area contributed by atoms with Crippen LogP contribution < -0.4 is 4.74 Å². The largest absolute Gasteiger partial charge is 0.507 e. The van der Waals surface area contributed by atoms with Crippen molar-refractivity contribution in [3.8, 4) is 11.5 Å². The SMILES string of the molecule is CCS(=O)CCOc1ccc(C(=O)c2ccccc2)c(O)c1. The Labute approximate surface area is 132 Å². The van der Waals surface area contributed by atoms with Gasteiger partial charge in [0.25, 0.3) is 0 Å². The molecule has 0 bridgehead atoms. The van der Waals surface area contributed by atoms with Gasteiger partial charge in [0.2, 0.25) is 0 Å². The van der Waals surface area contributed by atoms with E-state index in [-0.39, 0.29) is 17.1 Å². The lowest BCUT2D eigenvalue weighted by Crippen LogP contribution is -2.09. The first-order valence-corrected chi connectivity index (χ1v) is 8.51. The second-order valence-corrected chi connectivity index (χ2v) is 6.52. The molecule has 5 heteroatoms. The molecule has 0 heterocycles. The molecule has 116 valence electrons. The normalized spacial score (nSPS) is 11.9. The average Bonchev–Trinajstić information content (AvgIpc) is 2.55. The number of rotatable bonds is 7. The average molecular weight is 318 g/mol. The lowest BCUT2D eigenvalue weighted by atomic mass is 10.0. The van der Waals surface area contributed by atoms with Crippen LogP contribution in [0.3, 0.4) is 0 Å². The van der Waals surface area contributed by atoms with Crippen LogP contribution in [0.2, 0.25) is 0 Å². The van der Waals surface area contributed by atoms with Gasteiger partial charge in [-0.2, -0.15) is 0 Å². The molecule has 2 aromatic rings. The molecule has 0 amide bonds. The van der Waals surface area contributed by atoms with E-state index in [1.54, 1.807) is 30.3 Å². The molecule has 1 N–H and O–H groups in total. The number of carbonyl (C=O) groups excluding carboxylic acids is 1. The topological polar surface area (TPSA) is 63.6 Å². The highest BCUT2D eigenvalue weighted by atomic mass is 32.2. The van der Waals surface area contributed by atoms with Crippen LogP contribution in [0, 0.1) is 0 Å². The lowest BCUT2D eigenvalue weighted by Gasteiger charge is -2.09. The molecule has 0 saturated carbocycles. The molecule has 0 aromatic heterocycles. The molecule has 2 aromatic carbocycles. The summed E-state index contributed by atoms with van der Waals surface area (Å²) < 4.78 is 16.7. The maximum Gasteiger partial charge on any atom is 0.196 e. The zero-order valence-electron chi connectivity index (χ0n) is 12.3. The first kappa shape index (κ1) is 16.2. The molecule has 1 unspecified atom stereocenters. The van der Waals surface area contributed by atoms with E-state index >= 15 is 0 Å². The highest BCUT2D eigenvalue weighted by Gasteiger charge is 2.14. The summed E-state index contributed by atoms with van der Waals surface area (Å²) in [6, 6.07) is 13.4. The van der Waals surface area contributed by atoms with Crippen molar-refractivity contribution < 1.29 is 18.8 Å². The third-order valence-electron chi connectivity index (χ3n) is 3.15. The predicted octanol–water partition coefficient (Wildman–Crippen LogP) is 2.77. The maximum atomic E-state index is 12.3. The summed E-state index contributed by atoms with van der Waals surface area (Å²) in [4.78, 5) is 12.3. The number of phenols is 1. The van der Waals surface area contributed by atoms with E-state index in [4.69, 9.17) is 4.74 Å². The third kappa shape index (κ3) is 4.18. The van der Waals surface area contributed by atoms with Gasteiger partial charge in [-0.1, -0.05) is 37.3 Å². The van der Waals surface area contributed by atoms with E-state index in [1.165, 1.54) is 12.1 Å². The fraction of sp³-hybridized carbons (Fsp3) is 0.235. The van der Waals surface area contributed by atoms with E-state index in [9.17, 15) is 14.1 Å². The van der Waals surface area contributed by atoms with E-state index in [0.717, 1.165) is 0 Å². The Bertz CT molecular complexity index is 668. The van der Waals surface area contributed by atoms with Gasteiger partial charge in [0.1, 0.15) is 11.5 Å². The number of aromatic hydroxyl groups is 1. The highest BCUT2D eigenvalue weighted by Crippen LogP contribution is 2.25. The Morgan fingerprint density at radius 3 is 2.55 bits per heavy atom. The van der Waals surface area contributed by atoms with Crippen LogP contribution in [0.5, 0.6) is 11.5 Å². The minimum absolute atomic E-state index is 0.122. The molecule has 0 fully saturated rings. The van der Waals surface area contributed by atoms with Gasteiger partial charge in [-0.05, 0) is 12.1 Å². The Morgan fingerprint density at radius 1 is 1.18 bits per heavy atom. The Morgan fingerprint density at radius 2 is 1.91 bits per heavy atom. The molecule has 0 saturated heterocycles. The van der Waals surface area contributed by atoms with E-state index in [0.29, 0.717) is 29.4 Å². The van der Waals surface area contributed by atoms with Gasteiger partial charge in [-0.25, -0.2) is 0 Å². The van der Waals surface area contributed by atoms with Crippen molar-refractivity contribution in [2.45, 2.75) is 6.92 Å². The summed E-state index contributed by atoms with van der Waals surface area (Å²) in [6.07, 6.45) is 0. The van der Waals surface area contributed by atoms with Crippen LogP contribution in [0.4, 0.5) is 0 Å². The van der Waals surface area contributed by atoms with Crippen molar-refractivity contribution in [2.24, 2.45) is 0 Å². The number of hydrogen-bond donors (Lipinski definition) is 1. The van der Waals surface area contributed by atoms with Gasteiger partial charge in [-0.15, -0.1) is 0 Å². The maximum absolute atomic E-state index is 12.3. The molecular weight excluding hydrogens is 300 g/mol. The molecule has 1 atom stereocenters. The smallest absolute Gasteiger partial charge is 0.196 e. The second kappa shape index (κ2) is 7.75. The number of ether oxygens (including phenoxy) is 1. The standard InChI is InChI=1S/C17H18O4S/c1-2-22(20)11-10-21-14-8-9-15(16(18)12-14)17(19)13-6-4-3-5-7-13/h3-9,12,18H,2,10-11H2,1H3.